The van der Waals surface area contributed by atoms with Gasteiger partial charge in [-0.25, -0.2) is 0 Å². The Bertz CT molecular complexity index is 23.1. The Morgan fingerprint density at radius 2 is 1.67 bits per heavy atom. The summed E-state index contributed by atoms with van der Waals surface area (Å²) in [6, 6.07) is 0. The molecule has 0 saturated heterocycles. The van der Waals surface area contributed by atoms with Gasteiger partial charge in [-0.15, -0.1) is 0 Å². The first-order valence-corrected chi connectivity index (χ1v) is 4.35. The van der Waals surface area contributed by atoms with Gasteiger partial charge < -0.3 is 0 Å². The van der Waals surface area contributed by atoms with Gasteiger partial charge in [0.2, 0.25) is 0 Å². The minimum atomic E-state index is 1.06. The van der Waals surface area contributed by atoms with Gasteiger partial charge in [-0.05, 0) is 0 Å². The van der Waals surface area contributed by atoms with E-state index in [1.165, 1.54) is 29.4 Å². The van der Waals surface area contributed by atoms with E-state index in [0.29, 0.717) is 0 Å². The molecule has 0 aliphatic rings. The van der Waals surface area contributed by atoms with Crippen LogP contribution >= 0.6 is 0 Å². The molecule has 0 N–H and O–H groups in total. The van der Waals surface area contributed by atoms with E-state index < -0.39 is 0 Å². The van der Waals surface area contributed by atoms with Crippen LogP contribution in [0.2, 0.25) is 4.75 Å². The van der Waals surface area contributed by atoms with Gasteiger partial charge in [-0.1, -0.05) is 0 Å². The van der Waals surface area contributed by atoms with Crippen molar-refractivity contribution in [2.45, 2.75) is 31.4 Å². The first kappa shape index (κ1) is 6.54. The SMILES string of the molecule is CC[CH]([GeH2])CC. The van der Waals surface area contributed by atoms with E-state index in [1.54, 1.807) is 0 Å². The fourth-order valence-corrected chi connectivity index (χ4v) is 0.289. The maximum atomic E-state index is 2.26. The molecule has 1 heteroatoms. The zero-order valence-corrected chi connectivity index (χ0v) is 7.67. The summed E-state index contributed by atoms with van der Waals surface area (Å²) in [5.74, 6) is 0. The van der Waals surface area contributed by atoms with Crippen LogP contribution in [0.15, 0.2) is 0 Å². The van der Waals surface area contributed by atoms with Crippen molar-refractivity contribution < 1.29 is 0 Å². The average molecular weight is 146 g/mol. The molecule has 0 heterocycles. The third kappa shape index (κ3) is 2.76. The Balaban J connectivity index is 2.75. The zero-order chi connectivity index (χ0) is 4.99. The minimum absolute atomic E-state index is 1.06. The van der Waals surface area contributed by atoms with Crippen molar-refractivity contribution >= 4 is 16.5 Å². The van der Waals surface area contributed by atoms with Crippen molar-refractivity contribution in [3.8, 4) is 0 Å². The van der Waals surface area contributed by atoms with E-state index >= 15 is 0 Å². The molecule has 0 nitrogen and oxygen atoms in total. The van der Waals surface area contributed by atoms with Gasteiger partial charge in [-0.3, -0.25) is 0 Å². The Morgan fingerprint density at radius 1 is 1.33 bits per heavy atom. The fraction of sp³-hybridized carbons (Fsp3) is 1.00. The van der Waals surface area contributed by atoms with Crippen molar-refractivity contribution in [1.82, 2.24) is 0 Å². The number of hydrogen-bond donors (Lipinski definition) is 0. The van der Waals surface area contributed by atoms with E-state index in [0.717, 1.165) is 4.75 Å². The summed E-state index contributed by atoms with van der Waals surface area (Å²) in [4.78, 5) is 0. The van der Waals surface area contributed by atoms with Crippen molar-refractivity contribution in [1.29, 1.82) is 0 Å². The van der Waals surface area contributed by atoms with Crippen LogP contribution in [0.25, 0.3) is 0 Å². The Hall–Kier alpha value is 0.543. The topological polar surface area (TPSA) is 0 Å². The quantitative estimate of drug-likeness (QED) is 0.513. The molecule has 0 aromatic carbocycles. The molecule has 0 aliphatic carbocycles. The van der Waals surface area contributed by atoms with E-state index in [2.05, 4.69) is 13.8 Å². The predicted octanol–water partition coefficient (Wildman–Crippen LogP) is 1.23. The summed E-state index contributed by atoms with van der Waals surface area (Å²) in [7, 11) is 0. The summed E-state index contributed by atoms with van der Waals surface area (Å²) >= 11 is 1.48. The molecule has 0 atom stereocenters. The average Bonchev–Trinajstić information content (AvgIpc) is 1.65. The molecule has 0 unspecified atom stereocenters. The van der Waals surface area contributed by atoms with Gasteiger partial charge in [0.15, 0.2) is 0 Å². The number of hydrogen-bond acceptors (Lipinski definition) is 0. The molecule has 0 aromatic heterocycles. The molecule has 0 rings (SSSR count). The predicted molar refractivity (Wildman–Crippen MR) is 32.9 cm³/mol. The van der Waals surface area contributed by atoms with Crippen LogP contribution in [0.3, 0.4) is 0 Å². The standard InChI is InChI=1S/C5H13Ge/c1-3-5(6)4-2/h5H,3-4,6H2,1-2H3. The molecule has 37 valence electrons. The molecule has 0 bridgehead atoms. The molecule has 0 fully saturated rings. The summed E-state index contributed by atoms with van der Waals surface area (Å²) in [5.41, 5.74) is 0. The van der Waals surface area contributed by atoms with E-state index in [4.69, 9.17) is 0 Å². The van der Waals surface area contributed by atoms with Crippen LogP contribution < -0.4 is 0 Å². The van der Waals surface area contributed by atoms with Crippen LogP contribution in [-0.4, -0.2) is 16.5 Å². The first-order chi connectivity index (χ1) is 2.81. The van der Waals surface area contributed by atoms with Crippen molar-refractivity contribution in [3.05, 3.63) is 0 Å². The molecular weight excluding hydrogens is 133 g/mol. The summed E-state index contributed by atoms with van der Waals surface area (Å²) in [6.45, 7) is 4.52. The van der Waals surface area contributed by atoms with Gasteiger partial charge in [0.25, 0.3) is 0 Å². The Kier molecular flexibility index (Phi) is 4.06. The molecule has 0 spiro atoms. The van der Waals surface area contributed by atoms with Crippen molar-refractivity contribution in [3.63, 3.8) is 0 Å². The molecule has 6 heavy (non-hydrogen) atoms. The maximum absolute atomic E-state index is 2.26. The molecule has 0 aliphatic heterocycles. The van der Waals surface area contributed by atoms with Gasteiger partial charge in [-0.2, -0.15) is 0 Å². The van der Waals surface area contributed by atoms with Crippen LogP contribution in [0.1, 0.15) is 26.7 Å². The molecule has 0 amide bonds. The van der Waals surface area contributed by atoms with E-state index in [9.17, 15) is 0 Å². The van der Waals surface area contributed by atoms with E-state index in [1.807, 2.05) is 0 Å². The van der Waals surface area contributed by atoms with Crippen LogP contribution in [0.4, 0.5) is 0 Å². The van der Waals surface area contributed by atoms with Crippen LogP contribution in [-0.2, 0) is 0 Å². The van der Waals surface area contributed by atoms with Gasteiger partial charge >= 0.3 is 48.0 Å². The van der Waals surface area contributed by atoms with Gasteiger partial charge in [0, 0.05) is 0 Å². The second-order valence-corrected chi connectivity index (χ2v) is 4.11. The van der Waals surface area contributed by atoms with Gasteiger partial charge in [0.1, 0.15) is 0 Å². The molecule has 1 radical (unpaired) electrons. The van der Waals surface area contributed by atoms with Gasteiger partial charge in [0.05, 0.1) is 0 Å². The monoisotopic (exact) mass is 147 g/mol. The molecular formula is C5H13Ge. The normalized spacial score (nSPS) is 10.0. The van der Waals surface area contributed by atoms with E-state index in [-0.39, 0.29) is 0 Å². The second-order valence-electron chi connectivity index (χ2n) is 1.68. The first-order valence-electron chi connectivity index (χ1n) is 2.64. The summed E-state index contributed by atoms with van der Waals surface area (Å²) in [5, 5.41) is 0. The molecule has 0 saturated carbocycles. The molecule has 0 aromatic rings. The van der Waals surface area contributed by atoms with Crippen LogP contribution in [0, 0.1) is 0 Å². The Labute approximate surface area is 48.5 Å². The third-order valence-corrected chi connectivity index (χ3v) is 3.58. The number of rotatable bonds is 2. The third-order valence-electron chi connectivity index (χ3n) is 1.15. The summed E-state index contributed by atoms with van der Waals surface area (Å²) in [6.07, 6.45) is 2.77. The van der Waals surface area contributed by atoms with Crippen molar-refractivity contribution in [2.24, 2.45) is 0 Å². The Morgan fingerprint density at radius 3 is 1.67 bits per heavy atom. The second kappa shape index (κ2) is 3.72. The van der Waals surface area contributed by atoms with Crippen LogP contribution in [0.5, 0.6) is 0 Å². The van der Waals surface area contributed by atoms with Crippen molar-refractivity contribution in [2.75, 3.05) is 0 Å². The zero-order valence-electron chi connectivity index (χ0n) is 4.70. The fourth-order valence-electron chi connectivity index (χ4n) is 0.289. The summed E-state index contributed by atoms with van der Waals surface area (Å²) < 4.78 is 1.06.